The van der Waals surface area contributed by atoms with Crippen LogP contribution in [0, 0.1) is 0 Å². The van der Waals surface area contributed by atoms with Crippen molar-refractivity contribution in [1.82, 2.24) is 19.5 Å². The van der Waals surface area contributed by atoms with Crippen molar-refractivity contribution in [3.05, 3.63) is 83.8 Å². The molecule has 0 aliphatic carbocycles. The number of anilines is 3. The molecule has 3 N–H and O–H groups in total. The molecule has 0 amide bonds. The molecule has 0 bridgehead atoms. The second-order valence-electron chi connectivity index (χ2n) is 12.6. The number of carboxylic acids is 1. The number of hydrogen-bond donors (Lipinski definition) is 2. The van der Waals surface area contributed by atoms with E-state index in [0.29, 0.717) is 17.8 Å². The number of unbranched alkanes of at least 4 members (excludes halogenated alkanes) is 2. The van der Waals surface area contributed by atoms with Crippen molar-refractivity contribution in [3.8, 4) is 0 Å². The monoisotopic (exact) mass is 658 g/mol. The Bertz CT molecular complexity index is 1860. The molecule has 2 saturated heterocycles. The molecule has 2 aliphatic heterocycles. The predicted molar refractivity (Wildman–Crippen MR) is 198 cm³/mol. The largest absolute Gasteiger partial charge is 0.478 e. The number of Topliss-reactive ketones (excluding diaryl/α,β-unsaturated/α-hetero) is 1. The van der Waals surface area contributed by atoms with Gasteiger partial charge >= 0.3 is 5.97 Å². The van der Waals surface area contributed by atoms with E-state index in [2.05, 4.69) is 43.4 Å². The molecule has 0 saturated carbocycles. The van der Waals surface area contributed by atoms with Crippen LogP contribution in [-0.2, 0) is 13.0 Å². The van der Waals surface area contributed by atoms with Crippen molar-refractivity contribution in [2.45, 2.75) is 71.3 Å². The number of nitrogens with zero attached hydrogens (tertiary/aromatic N) is 6. The highest BCUT2D eigenvalue weighted by Crippen LogP contribution is 2.28. The molecule has 2 aliphatic rings. The van der Waals surface area contributed by atoms with Crippen LogP contribution in [0.25, 0.3) is 22.1 Å². The first-order valence-electron chi connectivity index (χ1n) is 17.3. The van der Waals surface area contributed by atoms with Gasteiger partial charge in [-0.05, 0) is 99.2 Å². The van der Waals surface area contributed by atoms with Gasteiger partial charge in [0.2, 0.25) is 0 Å². The molecular formula is C38H45BN7O3. The first kappa shape index (κ1) is 35.4. The average molecular weight is 659 g/mol. The number of hydrogen-bond acceptors (Lipinski definition) is 8. The minimum absolute atomic E-state index is 0. The molecule has 49 heavy (non-hydrogen) atoms. The molecule has 2 fully saturated rings. The zero-order chi connectivity index (χ0) is 33.5. The van der Waals surface area contributed by atoms with Crippen molar-refractivity contribution >= 4 is 59.4 Å². The van der Waals surface area contributed by atoms with E-state index in [0.717, 1.165) is 97.5 Å². The minimum atomic E-state index is -0.863. The molecule has 3 aromatic heterocycles. The summed E-state index contributed by atoms with van der Waals surface area (Å²) < 4.78 is 2.24. The zero-order valence-corrected chi connectivity index (χ0v) is 28.4. The van der Waals surface area contributed by atoms with E-state index in [1.165, 1.54) is 31.4 Å². The van der Waals surface area contributed by atoms with Crippen LogP contribution in [0.5, 0.6) is 0 Å². The Hall–Kier alpha value is -4.93. The molecule has 5 aromatic rings. The van der Waals surface area contributed by atoms with Crippen LogP contribution in [0.1, 0.15) is 84.8 Å². The topological polar surface area (TPSA) is 130 Å². The predicted octanol–water partition coefficient (Wildman–Crippen LogP) is 6.77. The van der Waals surface area contributed by atoms with Gasteiger partial charge in [-0.1, -0.05) is 13.3 Å². The summed E-state index contributed by atoms with van der Waals surface area (Å²) in [4.78, 5) is 41.8. The number of rotatable bonds is 11. The van der Waals surface area contributed by atoms with E-state index in [1.807, 2.05) is 36.4 Å². The van der Waals surface area contributed by atoms with Gasteiger partial charge in [-0.3, -0.25) is 9.78 Å². The number of pyridine rings is 2. The summed E-state index contributed by atoms with van der Waals surface area (Å²) in [6.07, 6.45) is 11.0. The van der Waals surface area contributed by atoms with Gasteiger partial charge in [-0.2, -0.15) is 0 Å². The summed E-state index contributed by atoms with van der Waals surface area (Å²) in [5, 5.41) is 8.73. The fraction of sp³-hybridized carbons (Fsp3) is 0.395. The first-order chi connectivity index (χ1) is 23.4. The van der Waals surface area contributed by atoms with Crippen molar-refractivity contribution in [2.75, 3.05) is 41.7 Å². The van der Waals surface area contributed by atoms with Gasteiger partial charge in [-0.15, -0.1) is 0 Å². The summed E-state index contributed by atoms with van der Waals surface area (Å²) in [6, 6.07) is 19.1. The van der Waals surface area contributed by atoms with Gasteiger partial charge in [0.15, 0.2) is 11.6 Å². The third kappa shape index (κ3) is 8.21. The van der Waals surface area contributed by atoms with E-state index in [9.17, 15) is 9.59 Å². The van der Waals surface area contributed by atoms with Gasteiger partial charge in [0.25, 0.3) is 0 Å². The lowest BCUT2D eigenvalue weighted by Crippen LogP contribution is -2.17. The Balaban J connectivity index is 0.000000262. The lowest BCUT2D eigenvalue weighted by molar-refractivity contribution is 0.0696. The summed E-state index contributed by atoms with van der Waals surface area (Å²) in [5.74, 6) is 0.809. The van der Waals surface area contributed by atoms with E-state index in [1.54, 1.807) is 18.3 Å². The van der Waals surface area contributed by atoms with Crippen LogP contribution in [0.4, 0.5) is 17.2 Å². The van der Waals surface area contributed by atoms with E-state index in [4.69, 9.17) is 15.8 Å². The Kier molecular flexibility index (Phi) is 11.9. The molecular weight excluding hydrogens is 613 g/mol. The van der Waals surface area contributed by atoms with Crippen molar-refractivity contribution in [3.63, 3.8) is 0 Å². The van der Waals surface area contributed by atoms with Crippen LogP contribution in [-0.4, -0.2) is 71.0 Å². The summed E-state index contributed by atoms with van der Waals surface area (Å²) >= 11 is 0. The molecule has 0 spiro atoms. The number of carboxylic acid groups (broad SMARTS) is 1. The van der Waals surface area contributed by atoms with Crippen LogP contribution in [0.15, 0.2) is 66.9 Å². The van der Waals surface area contributed by atoms with Gasteiger partial charge in [-0.25, -0.2) is 14.8 Å². The number of aromatic nitrogens is 4. The highest BCUT2D eigenvalue weighted by Gasteiger charge is 2.18. The van der Waals surface area contributed by atoms with Gasteiger partial charge < -0.3 is 25.2 Å². The number of aromatic carboxylic acids is 1. The number of benzene rings is 2. The third-order valence-corrected chi connectivity index (χ3v) is 9.39. The van der Waals surface area contributed by atoms with E-state index >= 15 is 0 Å². The fourth-order valence-electron chi connectivity index (χ4n) is 6.78. The highest BCUT2D eigenvalue weighted by atomic mass is 16.4. The number of carbonyl (C=O) groups is 2. The number of imidazole rings is 1. The van der Waals surface area contributed by atoms with Crippen molar-refractivity contribution in [2.24, 2.45) is 0 Å². The van der Waals surface area contributed by atoms with Crippen LogP contribution >= 0.6 is 0 Å². The summed E-state index contributed by atoms with van der Waals surface area (Å²) in [6.45, 7) is 7.35. The Labute approximate surface area is 289 Å². The maximum absolute atomic E-state index is 12.7. The van der Waals surface area contributed by atoms with E-state index in [-0.39, 0.29) is 14.2 Å². The lowest BCUT2D eigenvalue weighted by atomic mass is 10.0. The zero-order valence-electron chi connectivity index (χ0n) is 28.4. The molecule has 5 heterocycles. The van der Waals surface area contributed by atoms with Gasteiger partial charge in [0.05, 0.1) is 11.1 Å². The second kappa shape index (κ2) is 16.5. The molecule has 11 heteroatoms. The van der Waals surface area contributed by atoms with Gasteiger partial charge in [0.1, 0.15) is 22.4 Å². The SMILES string of the molecule is CCc1nc2c(N)nc3cccnc3c2n1CCCCCC(=O)c1ccc(N2CCCC2)cc1.O=C(O)c1ccc(N2CCCC2)cc1.[B]. The minimum Gasteiger partial charge on any atom is -0.478 e. The standard InChI is InChI=1S/C27H32N6O.C11H13NO2.B/c1-2-23-31-25-26(24-21(30-27(25)28)9-8-15-29-24)33(23)18-5-3-4-10-22(34)19-11-13-20(14-12-19)32-16-6-7-17-32;13-11(14)9-3-5-10(6-4-9)12-7-1-2-8-12;/h8-9,11-15H,2-7,10,16-18H2,1H3,(H2,28,30);3-6H,1-2,7-8H2,(H,13,14);. The molecule has 10 nitrogen and oxygen atoms in total. The summed E-state index contributed by atoms with van der Waals surface area (Å²) in [5.41, 5.74) is 13.1. The number of nitrogens with two attached hydrogens (primary N) is 1. The maximum atomic E-state index is 12.7. The summed E-state index contributed by atoms with van der Waals surface area (Å²) in [7, 11) is 0. The first-order valence-corrected chi connectivity index (χ1v) is 17.3. The number of aryl methyl sites for hydroxylation is 2. The lowest BCUT2D eigenvalue weighted by Gasteiger charge is -2.17. The van der Waals surface area contributed by atoms with Crippen LogP contribution in [0.2, 0.25) is 0 Å². The Morgan fingerprint density at radius 2 is 1.37 bits per heavy atom. The quantitative estimate of drug-likeness (QED) is 0.0897. The smallest absolute Gasteiger partial charge is 0.335 e. The molecule has 0 unspecified atom stereocenters. The molecule has 253 valence electrons. The normalized spacial score (nSPS) is 14.1. The van der Waals surface area contributed by atoms with Crippen LogP contribution in [0.3, 0.4) is 0 Å². The number of nitrogen functional groups attached to an aromatic ring is 1. The van der Waals surface area contributed by atoms with Crippen molar-refractivity contribution in [1.29, 1.82) is 0 Å². The molecule has 3 radical (unpaired) electrons. The van der Waals surface area contributed by atoms with Gasteiger partial charge in [0, 0.05) is 77.1 Å². The number of carbonyl (C=O) groups excluding carboxylic acids is 1. The Morgan fingerprint density at radius 3 is 1.94 bits per heavy atom. The molecule has 7 rings (SSSR count). The van der Waals surface area contributed by atoms with Crippen molar-refractivity contribution < 1.29 is 14.7 Å². The number of fused-ring (bicyclic) bond motifs is 3. The van der Waals surface area contributed by atoms with E-state index < -0.39 is 5.97 Å². The fourth-order valence-corrected chi connectivity index (χ4v) is 6.78. The second-order valence-corrected chi connectivity index (χ2v) is 12.6. The highest BCUT2D eigenvalue weighted by molar-refractivity contribution is 6.04. The van der Waals surface area contributed by atoms with Crippen LogP contribution < -0.4 is 15.5 Å². The number of ketones is 1. The maximum Gasteiger partial charge on any atom is 0.335 e. The Morgan fingerprint density at radius 1 is 0.776 bits per heavy atom. The third-order valence-electron chi connectivity index (χ3n) is 9.39. The molecule has 0 atom stereocenters. The average Bonchev–Trinajstić information content (AvgIpc) is 3.91. The molecule has 2 aromatic carbocycles.